The van der Waals surface area contributed by atoms with Gasteiger partial charge in [0.25, 0.3) is 10.0 Å². The van der Waals surface area contributed by atoms with Gasteiger partial charge >= 0.3 is 5.97 Å². The number of ketones is 1. The number of benzene rings is 3. The van der Waals surface area contributed by atoms with Crippen LogP contribution in [0.25, 0.3) is 0 Å². The fraction of sp³-hybridized carbons (Fsp3) is 0.0909. The molecule has 0 bridgehead atoms. The Morgan fingerprint density at radius 1 is 0.909 bits per heavy atom. The number of Topliss-reactive ketones (excluding diaryl/α,β-unsaturated/α-hetero) is 1. The highest BCUT2D eigenvalue weighted by Crippen LogP contribution is 2.26. The van der Waals surface area contributed by atoms with Crippen molar-refractivity contribution in [2.75, 3.05) is 18.0 Å². The molecule has 0 atom stereocenters. The third-order valence-corrected chi connectivity index (χ3v) is 6.68. The summed E-state index contributed by atoms with van der Waals surface area (Å²) in [5.74, 6) is -4.54. The Kier molecular flexibility index (Phi) is 7.09. The van der Waals surface area contributed by atoms with Crippen LogP contribution in [0.1, 0.15) is 20.7 Å². The van der Waals surface area contributed by atoms with Gasteiger partial charge in [-0.2, -0.15) is 0 Å². The van der Waals surface area contributed by atoms with Gasteiger partial charge in [0, 0.05) is 7.05 Å². The van der Waals surface area contributed by atoms with Gasteiger partial charge in [-0.05, 0) is 60.7 Å². The van der Waals surface area contributed by atoms with Crippen LogP contribution >= 0.6 is 11.6 Å². The van der Waals surface area contributed by atoms with Gasteiger partial charge in [0.2, 0.25) is 5.78 Å². The number of carbonyl (C=O) groups is 2. The van der Waals surface area contributed by atoms with Gasteiger partial charge in [0.15, 0.2) is 6.61 Å². The van der Waals surface area contributed by atoms with Gasteiger partial charge in [-0.3, -0.25) is 9.10 Å². The van der Waals surface area contributed by atoms with Crippen LogP contribution in [-0.4, -0.2) is 33.8 Å². The van der Waals surface area contributed by atoms with E-state index in [1.54, 1.807) is 0 Å². The zero-order chi connectivity index (χ0) is 24.3. The topological polar surface area (TPSA) is 80.8 Å². The molecule has 3 aromatic carbocycles. The lowest BCUT2D eigenvalue weighted by Gasteiger charge is -2.20. The quantitative estimate of drug-likeness (QED) is 0.351. The zero-order valence-electron chi connectivity index (χ0n) is 16.9. The van der Waals surface area contributed by atoms with E-state index < -0.39 is 51.4 Å². The van der Waals surface area contributed by atoms with Gasteiger partial charge in [0.1, 0.15) is 17.5 Å². The number of hydrogen-bond donors (Lipinski definition) is 0. The molecule has 0 fully saturated rings. The highest BCUT2D eigenvalue weighted by Gasteiger charge is 2.25. The Morgan fingerprint density at radius 2 is 1.55 bits per heavy atom. The molecule has 0 unspecified atom stereocenters. The molecule has 3 aromatic rings. The standard InChI is InChI=1S/C22H15ClF3NO5S/c1-27(15-5-2-13(24)3-6-15)33(30,31)16-7-8-19(23)17(11-16)22(29)32-12-21(28)18-10-14(25)4-9-20(18)26/h2-11H,12H2,1H3. The summed E-state index contributed by atoms with van der Waals surface area (Å²) in [4.78, 5) is 24.2. The Bertz CT molecular complexity index is 1330. The summed E-state index contributed by atoms with van der Waals surface area (Å²) in [5.41, 5.74) is -0.804. The van der Waals surface area contributed by atoms with Gasteiger partial charge in [0.05, 0.1) is 26.7 Å². The average molecular weight is 498 g/mol. The van der Waals surface area contributed by atoms with E-state index in [2.05, 4.69) is 0 Å². The molecule has 0 aliphatic rings. The van der Waals surface area contributed by atoms with Crippen LogP contribution in [-0.2, 0) is 14.8 Å². The minimum Gasteiger partial charge on any atom is -0.454 e. The number of rotatable bonds is 7. The molecule has 0 heterocycles. The minimum atomic E-state index is -4.18. The summed E-state index contributed by atoms with van der Waals surface area (Å²) < 4.78 is 71.7. The van der Waals surface area contributed by atoms with Gasteiger partial charge in [-0.25, -0.2) is 26.4 Å². The van der Waals surface area contributed by atoms with E-state index >= 15 is 0 Å². The molecule has 11 heteroatoms. The predicted molar refractivity (Wildman–Crippen MR) is 114 cm³/mol. The maximum absolute atomic E-state index is 13.7. The summed E-state index contributed by atoms with van der Waals surface area (Å²) in [6.07, 6.45) is 0. The summed E-state index contributed by atoms with van der Waals surface area (Å²) in [6.45, 7) is -0.929. The van der Waals surface area contributed by atoms with Crippen molar-refractivity contribution in [1.29, 1.82) is 0 Å². The fourth-order valence-corrected chi connectivity index (χ4v) is 4.18. The van der Waals surface area contributed by atoms with Gasteiger partial charge in [-0.15, -0.1) is 0 Å². The van der Waals surface area contributed by atoms with Crippen molar-refractivity contribution in [1.82, 2.24) is 0 Å². The van der Waals surface area contributed by atoms with Crippen LogP contribution in [0, 0.1) is 17.5 Å². The molecule has 0 aliphatic heterocycles. The van der Waals surface area contributed by atoms with E-state index in [9.17, 15) is 31.2 Å². The van der Waals surface area contributed by atoms with Crippen LogP contribution in [0.2, 0.25) is 5.02 Å². The fourth-order valence-electron chi connectivity index (χ4n) is 2.77. The van der Waals surface area contributed by atoms with E-state index in [0.29, 0.717) is 6.07 Å². The first-order valence-electron chi connectivity index (χ1n) is 9.20. The lowest BCUT2D eigenvalue weighted by molar-refractivity contribution is 0.0473. The molecule has 172 valence electrons. The third-order valence-electron chi connectivity index (χ3n) is 4.57. The number of hydrogen-bond acceptors (Lipinski definition) is 5. The summed E-state index contributed by atoms with van der Waals surface area (Å²) in [6, 6.07) is 10.2. The van der Waals surface area contributed by atoms with Crippen LogP contribution in [0.3, 0.4) is 0 Å². The first kappa shape index (κ1) is 24.3. The maximum Gasteiger partial charge on any atom is 0.340 e. The Hall–Kier alpha value is -3.37. The lowest BCUT2D eigenvalue weighted by Crippen LogP contribution is -2.27. The van der Waals surface area contributed by atoms with Crippen molar-refractivity contribution >= 4 is 39.1 Å². The number of ether oxygens (including phenoxy) is 1. The summed E-state index contributed by atoms with van der Waals surface area (Å²) in [5, 5.41) is -0.159. The molecular weight excluding hydrogens is 483 g/mol. The number of carbonyl (C=O) groups excluding carboxylic acids is 2. The molecule has 0 aliphatic carbocycles. The van der Waals surface area contributed by atoms with Crippen molar-refractivity contribution in [2.45, 2.75) is 4.90 Å². The van der Waals surface area contributed by atoms with Crippen molar-refractivity contribution < 1.29 is 35.9 Å². The SMILES string of the molecule is CN(c1ccc(F)cc1)S(=O)(=O)c1ccc(Cl)c(C(=O)OCC(=O)c2cc(F)ccc2F)c1. The van der Waals surface area contributed by atoms with E-state index in [-0.39, 0.29) is 21.2 Å². The van der Waals surface area contributed by atoms with E-state index in [0.717, 1.165) is 46.8 Å². The molecule has 0 amide bonds. The molecule has 0 aromatic heterocycles. The Morgan fingerprint density at radius 3 is 2.21 bits per heavy atom. The zero-order valence-corrected chi connectivity index (χ0v) is 18.5. The van der Waals surface area contributed by atoms with Crippen LogP contribution < -0.4 is 4.31 Å². The Labute approximate surface area is 192 Å². The minimum absolute atomic E-state index is 0.159. The largest absolute Gasteiger partial charge is 0.454 e. The number of sulfonamides is 1. The normalized spacial score (nSPS) is 11.2. The molecule has 0 saturated carbocycles. The highest BCUT2D eigenvalue weighted by atomic mass is 35.5. The number of halogens is 4. The van der Waals surface area contributed by atoms with Crippen molar-refractivity contribution in [3.05, 3.63) is 94.3 Å². The lowest BCUT2D eigenvalue weighted by atomic mass is 10.1. The second kappa shape index (κ2) is 9.63. The highest BCUT2D eigenvalue weighted by molar-refractivity contribution is 7.92. The molecule has 6 nitrogen and oxygen atoms in total. The molecule has 0 N–H and O–H groups in total. The van der Waals surface area contributed by atoms with Crippen LogP contribution in [0.15, 0.2) is 65.6 Å². The molecule has 33 heavy (non-hydrogen) atoms. The van der Waals surface area contributed by atoms with Crippen molar-refractivity contribution in [3.8, 4) is 0 Å². The Balaban J connectivity index is 1.81. The molecule has 0 radical (unpaired) electrons. The van der Waals surface area contributed by atoms with E-state index in [1.165, 1.54) is 19.2 Å². The number of nitrogens with zero attached hydrogens (tertiary/aromatic N) is 1. The van der Waals surface area contributed by atoms with Crippen molar-refractivity contribution in [2.24, 2.45) is 0 Å². The first-order valence-corrected chi connectivity index (χ1v) is 11.0. The maximum atomic E-state index is 13.7. The molecular formula is C22H15ClF3NO5S. The number of esters is 1. The summed E-state index contributed by atoms with van der Waals surface area (Å²) in [7, 11) is -2.94. The first-order chi connectivity index (χ1) is 15.5. The van der Waals surface area contributed by atoms with Crippen LogP contribution in [0.5, 0.6) is 0 Å². The molecule has 0 spiro atoms. The second-order valence-corrected chi connectivity index (χ2v) is 9.09. The molecule has 0 saturated heterocycles. The van der Waals surface area contributed by atoms with E-state index in [1.807, 2.05) is 0 Å². The number of anilines is 1. The van der Waals surface area contributed by atoms with Crippen LogP contribution in [0.4, 0.5) is 18.9 Å². The van der Waals surface area contributed by atoms with Crippen molar-refractivity contribution in [3.63, 3.8) is 0 Å². The van der Waals surface area contributed by atoms with E-state index in [4.69, 9.17) is 16.3 Å². The molecule has 3 rings (SSSR count). The summed E-state index contributed by atoms with van der Waals surface area (Å²) >= 11 is 5.99. The third kappa shape index (κ3) is 5.35. The smallest absolute Gasteiger partial charge is 0.340 e. The van der Waals surface area contributed by atoms with Gasteiger partial charge in [-0.1, -0.05) is 11.6 Å². The monoisotopic (exact) mass is 497 g/mol. The predicted octanol–water partition coefficient (Wildman–Crippen LogP) is 4.62. The average Bonchev–Trinajstić information content (AvgIpc) is 2.79. The van der Waals surface area contributed by atoms with Gasteiger partial charge < -0.3 is 4.74 Å². The second-order valence-electron chi connectivity index (χ2n) is 6.71.